The molecule has 2 aromatic carbocycles. The van der Waals surface area contributed by atoms with Crippen LogP contribution in [0.25, 0.3) is 0 Å². The average molecular weight is 255 g/mol. The summed E-state index contributed by atoms with van der Waals surface area (Å²) in [5, 5.41) is 10.3. The van der Waals surface area contributed by atoms with Crippen molar-refractivity contribution in [3.8, 4) is 0 Å². The summed E-state index contributed by atoms with van der Waals surface area (Å²) in [7, 11) is 0. The van der Waals surface area contributed by atoms with Gasteiger partial charge in [0.25, 0.3) is 0 Å². The second kappa shape index (κ2) is 6.00. The molecule has 0 spiro atoms. The Balaban J connectivity index is 2.46. The molecule has 2 heteroatoms. The van der Waals surface area contributed by atoms with Gasteiger partial charge in [0, 0.05) is 12.5 Å². The summed E-state index contributed by atoms with van der Waals surface area (Å²) in [4.78, 5) is 0. The van der Waals surface area contributed by atoms with Gasteiger partial charge >= 0.3 is 0 Å². The van der Waals surface area contributed by atoms with Gasteiger partial charge in [0.15, 0.2) is 0 Å². The number of aryl methyl sites for hydroxylation is 2. The Kier molecular flexibility index (Phi) is 4.35. The number of aliphatic hydroxyl groups is 1. The maximum atomic E-state index is 10.3. The minimum atomic E-state index is -0.565. The molecule has 2 unspecified atom stereocenters. The standard InChI is InChI=1S/C17H21NO/c1-12-8-9-15(10-13(12)2)17(16(19)11-18)14-6-4-3-5-7-14/h3-10,16-17,19H,11,18H2,1-2H3. The van der Waals surface area contributed by atoms with Crippen LogP contribution >= 0.6 is 0 Å². The number of nitrogens with two attached hydrogens (primary N) is 1. The van der Waals surface area contributed by atoms with Crippen molar-refractivity contribution in [1.29, 1.82) is 0 Å². The lowest BCUT2D eigenvalue weighted by atomic mass is 9.85. The van der Waals surface area contributed by atoms with Gasteiger partial charge in [0.1, 0.15) is 0 Å². The van der Waals surface area contributed by atoms with Crippen LogP contribution in [0.5, 0.6) is 0 Å². The Morgan fingerprint density at radius 1 is 0.947 bits per heavy atom. The van der Waals surface area contributed by atoms with Gasteiger partial charge in [-0.05, 0) is 36.1 Å². The van der Waals surface area contributed by atoms with Crippen LogP contribution in [0.3, 0.4) is 0 Å². The maximum absolute atomic E-state index is 10.3. The number of aliphatic hydroxyl groups excluding tert-OH is 1. The minimum Gasteiger partial charge on any atom is -0.391 e. The Bertz CT molecular complexity index is 536. The van der Waals surface area contributed by atoms with E-state index in [4.69, 9.17) is 5.73 Å². The Hall–Kier alpha value is -1.64. The third-order valence-corrected chi connectivity index (χ3v) is 3.68. The van der Waals surface area contributed by atoms with E-state index in [1.165, 1.54) is 11.1 Å². The highest BCUT2D eigenvalue weighted by Crippen LogP contribution is 2.29. The lowest BCUT2D eigenvalue weighted by molar-refractivity contribution is 0.164. The third kappa shape index (κ3) is 3.03. The van der Waals surface area contributed by atoms with E-state index in [0.717, 1.165) is 11.1 Å². The van der Waals surface area contributed by atoms with Gasteiger partial charge in [0.2, 0.25) is 0 Å². The van der Waals surface area contributed by atoms with Gasteiger partial charge in [-0.25, -0.2) is 0 Å². The van der Waals surface area contributed by atoms with Gasteiger partial charge in [-0.15, -0.1) is 0 Å². The van der Waals surface area contributed by atoms with E-state index in [9.17, 15) is 5.11 Å². The van der Waals surface area contributed by atoms with Crippen molar-refractivity contribution in [2.45, 2.75) is 25.9 Å². The molecule has 0 heterocycles. The van der Waals surface area contributed by atoms with Crippen molar-refractivity contribution in [3.63, 3.8) is 0 Å². The lowest BCUT2D eigenvalue weighted by Crippen LogP contribution is -2.28. The first kappa shape index (κ1) is 13.8. The second-order valence-corrected chi connectivity index (χ2v) is 5.04. The van der Waals surface area contributed by atoms with Gasteiger partial charge in [-0.2, -0.15) is 0 Å². The van der Waals surface area contributed by atoms with E-state index in [0.29, 0.717) is 0 Å². The van der Waals surface area contributed by atoms with Crippen LogP contribution in [0.2, 0.25) is 0 Å². The molecule has 2 atom stereocenters. The summed E-state index contributed by atoms with van der Waals surface area (Å²) in [6.45, 7) is 4.44. The van der Waals surface area contributed by atoms with Gasteiger partial charge in [-0.1, -0.05) is 48.5 Å². The Morgan fingerprint density at radius 2 is 1.63 bits per heavy atom. The molecule has 0 saturated carbocycles. The second-order valence-electron chi connectivity index (χ2n) is 5.04. The molecule has 0 aliphatic carbocycles. The Morgan fingerprint density at radius 3 is 2.21 bits per heavy atom. The average Bonchev–Trinajstić information content (AvgIpc) is 2.44. The summed E-state index contributed by atoms with van der Waals surface area (Å²) < 4.78 is 0. The van der Waals surface area contributed by atoms with Gasteiger partial charge < -0.3 is 10.8 Å². The molecule has 0 aliphatic heterocycles. The highest BCUT2D eigenvalue weighted by molar-refractivity contribution is 5.38. The zero-order chi connectivity index (χ0) is 13.8. The summed E-state index contributed by atoms with van der Waals surface area (Å²) >= 11 is 0. The third-order valence-electron chi connectivity index (χ3n) is 3.68. The van der Waals surface area contributed by atoms with Crippen molar-refractivity contribution in [1.82, 2.24) is 0 Å². The van der Waals surface area contributed by atoms with Crippen molar-refractivity contribution < 1.29 is 5.11 Å². The SMILES string of the molecule is Cc1ccc(C(c2ccccc2)C(O)CN)cc1C. The number of hydrogen-bond acceptors (Lipinski definition) is 2. The molecule has 2 aromatic rings. The quantitative estimate of drug-likeness (QED) is 0.882. The first-order valence-electron chi connectivity index (χ1n) is 6.63. The highest BCUT2D eigenvalue weighted by Gasteiger charge is 2.22. The van der Waals surface area contributed by atoms with Crippen LogP contribution in [0, 0.1) is 13.8 Å². The first-order chi connectivity index (χ1) is 9.13. The van der Waals surface area contributed by atoms with E-state index < -0.39 is 6.10 Å². The molecule has 2 nitrogen and oxygen atoms in total. The van der Waals surface area contributed by atoms with Gasteiger partial charge in [0.05, 0.1) is 6.10 Å². The molecular weight excluding hydrogens is 234 g/mol. The largest absolute Gasteiger partial charge is 0.391 e. The topological polar surface area (TPSA) is 46.2 Å². The molecule has 0 aliphatic rings. The van der Waals surface area contributed by atoms with Crippen LogP contribution in [-0.4, -0.2) is 17.8 Å². The van der Waals surface area contributed by atoms with Crippen molar-refractivity contribution in [2.24, 2.45) is 5.73 Å². The number of hydrogen-bond donors (Lipinski definition) is 2. The molecule has 0 radical (unpaired) electrons. The van der Waals surface area contributed by atoms with E-state index in [1.807, 2.05) is 30.3 Å². The molecule has 0 saturated heterocycles. The fourth-order valence-electron chi connectivity index (χ4n) is 2.39. The predicted molar refractivity (Wildman–Crippen MR) is 79.3 cm³/mol. The van der Waals surface area contributed by atoms with Gasteiger partial charge in [-0.3, -0.25) is 0 Å². The van der Waals surface area contributed by atoms with Crippen LogP contribution < -0.4 is 5.73 Å². The zero-order valence-corrected chi connectivity index (χ0v) is 11.5. The number of benzene rings is 2. The van der Waals surface area contributed by atoms with E-state index in [-0.39, 0.29) is 12.5 Å². The smallest absolute Gasteiger partial charge is 0.0771 e. The molecular formula is C17H21NO. The molecule has 0 bridgehead atoms. The summed E-state index contributed by atoms with van der Waals surface area (Å²) in [6, 6.07) is 16.4. The van der Waals surface area contributed by atoms with E-state index in [1.54, 1.807) is 0 Å². The van der Waals surface area contributed by atoms with Crippen molar-refractivity contribution in [2.75, 3.05) is 6.54 Å². The molecule has 100 valence electrons. The fourth-order valence-corrected chi connectivity index (χ4v) is 2.39. The summed E-state index contributed by atoms with van der Waals surface area (Å²) in [6.07, 6.45) is -0.565. The zero-order valence-electron chi connectivity index (χ0n) is 11.5. The summed E-state index contributed by atoms with van der Waals surface area (Å²) in [5.74, 6) is -0.0644. The van der Waals surface area contributed by atoms with Crippen LogP contribution in [-0.2, 0) is 0 Å². The normalized spacial score (nSPS) is 14.1. The molecule has 0 amide bonds. The highest BCUT2D eigenvalue weighted by atomic mass is 16.3. The monoisotopic (exact) mass is 255 g/mol. The van der Waals surface area contributed by atoms with Crippen LogP contribution in [0.1, 0.15) is 28.2 Å². The van der Waals surface area contributed by atoms with Crippen molar-refractivity contribution >= 4 is 0 Å². The van der Waals surface area contributed by atoms with Crippen molar-refractivity contribution in [3.05, 3.63) is 70.8 Å². The molecule has 0 aromatic heterocycles. The number of rotatable bonds is 4. The minimum absolute atomic E-state index is 0.0644. The molecule has 0 fully saturated rings. The predicted octanol–water partition coefficient (Wildman–Crippen LogP) is 2.75. The lowest BCUT2D eigenvalue weighted by Gasteiger charge is -2.23. The molecule has 2 rings (SSSR count). The van der Waals surface area contributed by atoms with Crippen LogP contribution in [0.4, 0.5) is 0 Å². The summed E-state index contributed by atoms with van der Waals surface area (Å²) in [5.41, 5.74) is 10.4. The Labute approximate surface area is 114 Å². The maximum Gasteiger partial charge on any atom is 0.0771 e. The van der Waals surface area contributed by atoms with E-state index in [2.05, 4.69) is 32.0 Å². The fraction of sp³-hybridized carbons (Fsp3) is 0.294. The van der Waals surface area contributed by atoms with E-state index >= 15 is 0 Å². The molecule has 3 N–H and O–H groups in total. The molecule has 19 heavy (non-hydrogen) atoms. The first-order valence-corrected chi connectivity index (χ1v) is 6.63. The van der Waals surface area contributed by atoms with Crippen LogP contribution in [0.15, 0.2) is 48.5 Å².